The molecule has 0 bridgehead atoms. The lowest BCUT2D eigenvalue weighted by molar-refractivity contribution is 0.181. The van der Waals surface area contributed by atoms with Crippen LogP contribution in [0.1, 0.15) is 6.42 Å². The minimum absolute atomic E-state index is 0.601. The Morgan fingerprint density at radius 1 is 1.28 bits per heavy atom. The Balaban J connectivity index is 1.74. The van der Waals surface area contributed by atoms with E-state index < -0.39 is 0 Å². The van der Waals surface area contributed by atoms with Gasteiger partial charge in [0.15, 0.2) is 0 Å². The lowest BCUT2D eigenvalue weighted by atomic mass is 10.1. The van der Waals surface area contributed by atoms with Crippen molar-refractivity contribution in [3.8, 4) is 11.1 Å². The molecule has 2 aromatic rings. The average Bonchev–Trinajstić information content (AvgIpc) is 3.02. The molecule has 0 amide bonds. The first-order valence-corrected chi connectivity index (χ1v) is 6.27. The molecular formula is C14H17N3O. The van der Waals surface area contributed by atoms with Crippen LogP contribution >= 0.6 is 0 Å². The van der Waals surface area contributed by atoms with E-state index in [0.717, 1.165) is 43.0 Å². The van der Waals surface area contributed by atoms with Crippen LogP contribution in [0.15, 0.2) is 36.7 Å². The molecule has 0 aliphatic carbocycles. The molecular weight excluding hydrogens is 226 g/mol. The SMILES string of the molecule is Nc1ccc(-c2cnn(CC3CCOC3)c2)cc1. The fourth-order valence-corrected chi connectivity index (χ4v) is 2.28. The van der Waals surface area contributed by atoms with Gasteiger partial charge in [-0.15, -0.1) is 0 Å². The summed E-state index contributed by atoms with van der Waals surface area (Å²) in [6.07, 6.45) is 5.13. The van der Waals surface area contributed by atoms with Crippen molar-refractivity contribution < 1.29 is 4.74 Å². The van der Waals surface area contributed by atoms with Gasteiger partial charge < -0.3 is 10.5 Å². The maximum absolute atomic E-state index is 5.68. The Labute approximate surface area is 106 Å². The first kappa shape index (κ1) is 11.3. The summed E-state index contributed by atoms with van der Waals surface area (Å²) in [6.45, 7) is 2.68. The van der Waals surface area contributed by atoms with Crippen molar-refractivity contribution in [1.82, 2.24) is 9.78 Å². The molecule has 94 valence electrons. The van der Waals surface area contributed by atoms with E-state index >= 15 is 0 Å². The predicted octanol–water partition coefficient (Wildman–Crippen LogP) is 2.17. The van der Waals surface area contributed by atoms with E-state index in [1.54, 1.807) is 0 Å². The Hall–Kier alpha value is -1.81. The van der Waals surface area contributed by atoms with Crippen molar-refractivity contribution in [2.75, 3.05) is 18.9 Å². The zero-order valence-electron chi connectivity index (χ0n) is 10.2. The van der Waals surface area contributed by atoms with Crippen LogP contribution in [-0.4, -0.2) is 23.0 Å². The van der Waals surface area contributed by atoms with Crippen LogP contribution in [0.25, 0.3) is 11.1 Å². The first-order chi connectivity index (χ1) is 8.81. The van der Waals surface area contributed by atoms with Crippen molar-refractivity contribution in [1.29, 1.82) is 0 Å². The van der Waals surface area contributed by atoms with E-state index in [0.29, 0.717) is 5.92 Å². The molecule has 4 heteroatoms. The highest BCUT2D eigenvalue weighted by Crippen LogP contribution is 2.21. The number of nitrogens with two attached hydrogens (primary N) is 1. The van der Waals surface area contributed by atoms with Crippen molar-refractivity contribution in [2.24, 2.45) is 5.92 Å². The topological polar surface area (TPSA) is 53.1 Å². The second-order valence-electron chi connectivity index (χ2n) is 4.80. The fraction of sp³-hybridized carbons (Fsp3) is 0.357. The summed E-state index contributed by atoms with van der Waals surface area (Å²) in [6, 6.07) is 7.87. The third-order valence-corrected chi connectivity index (χ3v) is 3.35. The van der Waals surface area contributed by atoms with Gasteiger partial charge in [-0.05, 0) is 24.1 Å². The van der Waals surface area contributed by atoms with Crippen LogP contribution in [0.3, 0.4) is 0 Å². The fourth-order valence-electron chi connectivity index (χ4n) is 2.28. The maximum Gasteiger partial charge on any atom is 0.0568 e. The van der Waals surface area contributed by atoms with Gasteiger partial charge in [-0.25, -0.2) is 0 Å². The molecule has 0 saturated carbocycles. The van der Waals surface area contributed by atoms with Gasteiger partial charge in [-0.1, -0.05) is 12.1 Å². The molecule has 2 N–H and O–H groups in total. The molecule has 4 nitrogen and oxygen atoms in total. The third kappa shape index (κ3) is 2.38. The average molecular weight is 243 g/mol. The molecule has 1 aliphatic heterocycles. The molecule has 1 saturated heterocycles. The van der Waals surface area contributed by atoms with E-state index in [-0.39, 0.29) is 0 Å². The zero-order chi connectivity index (χ0) is 12.4. The number of hydrogen-bond donors (Lipinski definition) is 1. The second-order valence-corrected chi connectivity index (χ2v) is 4.80. The van der Waals surface area contributed by atoms with Crippen molar-refractivity contribution in [3.05, 3.63) is 36.7 Å². The molecule has 1 aromatic heterocycles. The minimum atomic E-state index is 0.601. The molecule has 18 heavy (non-hydrogen) atoms. The summed E-state index contributed by atoms with van der Waals surface area (Å²) in [7, 11) is 0. The van der Waals surface area contributed by atoms with Gasteiger partial charge >= 0.3 is 0 Å². The lowest BCUT2D eigenvalue weighted by Crippen LogP contribution is -2.10. The number of aromatic nitrogens is 2. The van der Waals surface area contributed by atoms with Gasteiger partial charge in [0.05, 0.1) is 12.8 Å². The van der Waals surface area contributed by atoms with E-state index in [4.69, 9.17) is 10.5 Å². The zero-order valence-corrected chi connectivity index (χ0v) is 10.2. The number of nitrogens with zero attached hydrogens (tertiary/aromatic N) is 2. The van der Waals surface area contributed by atoms with E-state index in [1.165, 1.54) is 0 Å². The highest BCUT2D eigenvalue weighted by Gasteiger charge is 2.16. The molecule has 1 aromatic carbocycles. The van der Waals surface area contributed by atoms with Crippen LogP contribution in [0.4, 0.5) is 5.69 Å². The smallest absolute Gasteiger partial charge is 0.0568 e. The van der Waals surface area contributed by atoms with Crippen molar-refractivity contribution >= 4 is 5.69 Å². The van der Waals surface area contributed by atoms with Gasteiger partial charge in [-0.2, -0.15) is 5.10 Å². The quantitative estimate of drug-likeness (QED) is 0.840. The Bertz CT molecular complexity index is 512. The van der Waals surface area contributed by atoms with Crippen LogP contribution < -0.4 is 5.73 Å². The van der Waals surface area contributed by atoms with Gasteiger partial charge in [0.1, 0.15) is 0 Å². The Kier molecular flexibility index (Phi) is 3.02. The number of benzene rings is 1. The molecule has 1 unspecified atom stereocenters. The molecule has 1 fully saturated rings. The molecule has 1 atom stereocenters. The highest BCUT2D eigenvalue weighted by molar-refractivity contribution is 5.63. The van der Waals surface area contributed by atoms with Gasteiger partial charge in [-0.3, -0.25) is 4.68 Å². The standard InChI is InChI=1S/C14H17N3O/c15-14-3-1-12(2-4-14)13-7-16-17(9-13)8-11-5-6-18-10-11/h1-4,7,9,11H,5-6,8,10,15H2. The van der Waals surface area contributed by atoms with E-state index in [2.05, 4.69) is 11.3 Å². The summed E-state index contributed by atoms with van der Waals surface area (Å²) >= 11 is 0. The summed E-state index contributed by atoms with van der Waals surface area (Å²) in [4.78, 5) is 0. The third-order valence-electron chi connectivity index (χ3n) is 3.35. The van der Waals surface area contributed by atoms with Crippen LogP contribution in [0.5, 0.6) is 0 Å². The first-order valence-electron chi connectivity index (χ1n) is 6.27. The highest BCUT2D eigenvalue weighted by atomic mass is 16.5. The minimum Gasteiger partial charge on any atom is -0.399 e. The predicted molar refractivity (Wildman–Crippen MR) is 71.0 cm³/mol. The van der Waals surface area contributed by atoms with E-state index in [9.17, 15) is 0 Å². The van der Waals surface area contributed by atoms with Gasteiger partial charge in [0.2, 0.25) is 0 Å². The number of anilines is 1. The van der Waals surface area contributed by atoms with Gasteiger partial charge in [0, 0.05) is 36.5 Å². The number of nitrogen functional groups attached to an aromatic ring is 1. The molecule has 1 aliphatic rings. The van der Waals surface area contributed by atoms with Crippen LogP contribution in [0.2, 0.25) is 0 Å². The Morgan fingerprint density at radius 3 is 2.83 bits per heavy atom. The monoisotopic (exact) mass is 243 g/mol. The summed E-state index contributed by atoms with van der Waals surface area (Å²) in [5, 5.41) is 4.41. The van der Waals surface area contributed by atoms with Crippen LogP contribution in [0, 0.1) is 5.92 Å². The maximum atomic E-state index is 5.68. The van der Waals surface area contributed by atoms with Crippen molar-refractivity contribution in [2.45, 2.75) is 13.0 Å². The summed E-state index contributed by atoms with van der Waals surface area (Å²) in [5.41, 5.74) is 8.75. The molecule has 2 heterocycles. The molecule has 0 radical (unpaired) electrons. The Morgan fingerprint density at radius 2 is 2.11 bits per heavy atom. The lowest BCUT2D eigenvalue weighted by Gasteiger charge is -2.06. The van der Waals surface area contributed by atoms with E-state index in [1.807, 2.05) is 35.1 Å². The number of hydrogen-bond acceptors (Lipinski definition) is 3. The second kappa shape index (κ2) is 4.82. The summed E-state index contributed by atoms with van der Waals surface area (Å²) < 4.78 is 7.38. The van der Waals surface area contributed by atoms with Crippen molar-refractivity contribution in [3.63, 3.8) is 0 Å². The number of ether oxygens (including phenoxy) is 1. The van der Waals surface area contributed by atoms with Crippen LogP contribution in [-0.2, 0) is 11.3 Å². The van der Waals surface area contributed by atoms with Gasteiger partial charge in [0.25, 0.3) is 0 Å². The molecule has 0 spiro atoms. The molecule has 3 rings (SSSR count). The summed E-state index contributed by atoms with van der Waals surface area (Å²) in [5.74, 6) is 0.601. The number of rotatable bonds is 3. The largest absolute Gasteiger partial charge is 0.399 e. The normalized spacial score (nSPS) is 19.2.